The lowest BCUT2D eigenvalue weighted by molar-refractivity contribution is 0.362. The molecule has 1 N–H and O–H groups in total. The van der Waals surface area contributed by atoms with Crippen LogP contribution < -0.4 is 9.47 Å². The largest absolute Gasteiger partial charge is 0.504 e. The second-order valence-electron chi connectivity index (χ2n) is 3.08. The molecule has 0 bridgehead atoms. The molecule has 2 rings (SSSR count). The van der Waals surface area contributed by atoms with Crippen molar-refractivity contribution in [2.45, 2.75) is 0 Å². The van der Waals surface area contributed by atoms with E-state index in [-0.39, 0.29) is 17.5 Å². The van der Waals surface area contributed by atoms with Gasteiger partial charge in [-0.15, -0.1) is 0 Å². The summed E-state index contributed by atoms with van der Waals surface area (Å²) < 4.78 is 11.0. The van der Waals surface area contributed by atoms with Crippen LogP contribution in [0.1, 0.15) is 0 Å². The van der Waals surface area contributed by atoms with Crippen LogP contribution in [0.15, 0.2) is 34.9 Å². The molecule has 0 unspecified atom stereocenters. The fourth-order valence-corrected chi connectivity index (χ4v) is 1.52. The van der Waals surface area contributed by atoms with Crippen molar-refractivity contribution in [1.29, 1.82) is 0 Å². The highest BCUT2D eigenvalue weighted by Crippen LogP contribution is 2.30. The van der Waals surface area contributed by atoms with E-state index in [1.165, 1.54) is 19.4 Å². The standard InChI is InChI=1S/C11H9BrN2O3/c1-16-10-7(12)6-13-11(14-10)17-9-5-3-2-4-8(9)15/h2-6,15H,1H3. The Labute approximate surface area is 106 Å². The van der Waals surface area contributed by atoms with Crippen LogP contribution in [-0.4, -0.2) is 22.2 Å². The van der Waals surface area contributed by atoms with E-state index in [2.05, 4.69) is 25.9 Å². The van der Waals surface area contributed by atoms with Gasteiger partial charge in [0, 0.05) is 0 Å². The fraction of sp³-hybridized carbons (Fsp3) is 0.0909. The minimum atomic E-state index is 0.0259. The maximum absolute atomic E-state index is 9.53. The van der Waals surface area contributed by atoms with Crippen molar-refractivity contribution < 1.29 is 14.6 Å². The van der Waals surface area contributed by atoms with E-state index < -0.39 is 0 Å². The first-order valence-corrected chi connectivity index (χ1v) is 5.52. The molecule has 2 aromatic rings. The average molecular weight is 297 g/mol. The Balaban J connectivity index is 2.28. The van der Waals surface area contributed by atoms with Crippen LogP contribution in [-0.2, 0) is 0 Å². The molecular formula is C11H9BrN2O3. The lowest BCUT2D eigenvalue weighted by atomic mass is 10.3. The van der Waals surface area contributed by atoms with Crippen LogP contribution in [0.3, 0.4) is 0 Å². The number of aromatic nitrogens is 2. The van der Waals surface area contributed by atoms with Crippen LogP contribution >= 0.6 is 15.9 Å². The summed E-state index contributed by atoms with van der Waals surface area (Å²) in [5, 5.41) is 9.53. The van der Waals surface area contributed by atoms with Gasteiger partial charge in [0.15, 0.2) is 11.5 Å². The lowest BCUT2D eigenvalue weighted by Crippen LogP contribution is -1.95. The number of phenolic OH excluding ortho intramolecular Hbond substituents is 1. The zero-order valence-corrected chi connectivity index (χ0v) is 10.5. The van der Waals surface area contributed by atoms with Crippen LogP contribution in [0.4, 0.5) is 0 Å². The van der Waals surface area contributed by atoms with Crippen LogP contribution in [0.2, 0.25) is 0 Å². The molecule has 88 valence electrons. The Hall–Kier alpha value is -1.82. The van der Waals surface area contributed by atoms with Crippen molar-refractivity contribution in [3.63, 3.8) is 0 Å². The number of hydrogen-bond acceptors (Lipinski definition) is 5. The number of halogens is 1. The van der Waals surface area contributed by atoms with Gasteiger partial charge in [0.2, 0.25) is 5.88 Å². The second-order valence-corrected chi connectivity index (χ2v) is 3.93. The Morgan fingerprint density at radius 2 is 2.06 bits per heavy atom. The molecule has 0 aliphatic rings. The minimum absolute atomic E-state index is 0.0259. The minimum Gasteiger partial charge on any atom is -0.504 e. The smallest absolute Gasteiger partial charge is 0.325 e. The van der Waals surface area contributed by atoms with E-state index >= 15 is 0 Å². The van der Waals surface area contributed by atoms with Gasteiger partial charge in [-0.1, -0.05) is 12.1 Å². The molecule has 1 aromatic heterocycles. The number of phenols is 1. The van der Waals surface area contributed by atoms with Crippen LogP contribution in [0, 0.1) is 0 Å². The first-order chi connectivity index (χ1) is 8.20. The van der Waals surface area contributed by atoms with Crippen molar-refractivity contribution in [1.82, 2.24) is 9.97 Å². The number of para-hydroxylation sites is 2. The molecule has 0 saturated heterocycles. The summed E-state index contributed by atoms with van der Waals surface area (Å²) in [6.07, 6.45) is 1.52. The molecule has 0 aliphatic carbocycles. The number of nitrogens with zero attached hydrogens (tertiary/aromatic N) is 2. The number of ether oxygens (including phenoxy) is 2. The summed E-state index contributed by atoms with van der Waals surface area (Å²) >= 11 is 3.24. The predicted octanol–water partition coefficient (Wildman–Crippen LogP) is 2.75. The normalized spacial score (nSPS) is 10.0. The van der Waals surface area contributed by atoms with Crippen molar-refractivity contribution in [3.05, 3.63) is 34.9 Å². The van der Waals surface area contributed by atoms with E-state index in [0.717, 1.165) is 0 Å². The molecule has 0 amide bonds. The van der Waals surface area contributed by atoms with E-state index in [0.29, 0.717) is 10.4 Å². The molecular weight excluding hydrogens is 288 g/mol. The molecule has 0 fully saturated rings. The molecule has 17 heavy (non-hydrogen) atoms. The van der Waals surface area contributed by atoms with Crippen molar-refractivity contribution in [2.24, 2.45) is 0 Å². The van der Waals surface area contributed by atoms with Gasteiger partial charge in [0.1, 0.15) is 0 Å². The second kappa shape index (κ2) is 5.01. The zero-order valence-electron chi connectivity index (χ0n) is 8.92. The molecule has 6 heteroatoms. The topological polar surface area (TPSA) is 64.5 Å². The first kappa shape index (κ1) is 11.7. The molecule has 0 saturated carbocycles. The summed E-state index contributed by atoms with van der Waals surface area (Å²) in [6, 6.07) is 6.68. The molecule has 0 spiro atoms. The van der Waals surface area contributed by atoms with Gasteiger partial charge >= 0.3 is 6.01 Å². The van der Waals surface area contributed by atoms with E-state index in [9.17, 15) is 5.11 Å². The predicted molar refractivity (Wildman–Crippen MR) is 64.5 cm³/mol. The highest BCUT2D eigenvalue weighted by molar-refractivity contribution is 9.10. The summed E-state index contributed by atoms with van der Waals surface area (Å²) in [7, 11) is 1.50. The van der Waals surface area contributed by atoms with Gasteiger partial charge < -0.3 is 14.6 Å². The van der Waals surface area contributed by atoms with Crippen LogP contribution in [0.5, 0.6) is 23.4 Å². The summed E-state index contributed by atoms with van der Waals surface area (Å²) in [5.41, 5.74) is 0. The summed E-state index contributed by atoms with van der Waals surface area (Å²) in [6.45, 7) is 0. The van der Waals surface area contributed by atoms with Gasteiger partial charge in [0.05, 0.1) is 17.8 Å². The number of methoxy groups -OCH3 is 1. The Morgan fingerprint density at radius 1 is 1.29 bits per heavy atom. The monoisotopic (exact) mass is 296 g/mol. The van der Waals surface area contributed by atoms with E-state index in [1.807, 2.05) is 0 Å². The van der Waals surface area contributed by atoms with E-state index in [1.54, 1.807) is 18.2 Å². The molecule has 0 radical (unpaired) electrons. The fourth-order valence-electron chi connectivity index (χ4n) is 1.17. The summed E-state index contributed by atoms with van der Waals surface area (Å²) in [4.78, 5) is 7.97. The third-order valence-corrected chi connectivity index (χ3v) is 2.49. The SMILES string of the molecule is COc1nc(Oc2ccccc2O)ncc1Br. The highest BCUT2D eigenvalue weighted by atomic mass is 79.9. The zero-order chi connectivity index (χ0) is 12.3. The number of aromatic hydroxyl groups is 1. The van der Waals surface area contributed by atoms with Crippen LogP contribution in [0.25, 0.3) is 0 Å². The third kappa shape index (κ3) is 2.65. The molecule has 1 aromatic carbocycles. The maximum atomic E-state index is 9.53. The third-order valence-electron chi connectivity index (χ3n) is 1.95. The van der Waals surface area contributed by atoms with Gasteiger partial charge in [-0.25, -0.2) is 4.98 Å². The van der Waals surface area contributed by atoms with Gasteiger partial charge in [-0.05, 0) is 28.1 Å². The molecule has 0 atom stereocenters. The van der Waals surface area contributed by atoms with E-state index in [4.69, 9.17) is 9.47 Å². The Kier molecular flexibility index (Phi) is 3.43. The van der Waals surface area contributed by atoms with Gasteiger partial charge in [-0.2, -0.15) is 4.98 Å². The van der Waals surface area contributed by atoms with Crippen molar-refractivity contribution in [3.8, 4) is 23.4 Å². The quantitative estimate of drug-likeness (QED) is 0.943. The average Bonchev–Trinajstić information content (AvgIpc) is 2.34. The molecule has 5 nitrogen and oxygen atoms in total. The first-order valence-electron chi connectivity index (χ1n) is 4.73. The van der Waals surface area contributed by atoms with Gasteiger partial charge in [0.25, 0.3) is 0 Å². The Morgan fingerprint density at radius 3 is 2.76 bits per heavy atom. The van der Waals surface area contributed by atoms with Gasteiger partial charge in [-0.3, -0.25) is 0 Å². The molecule has 1 heterocycles. The number of hydrogen-bond donors (Lipinski definition) is 1. The summed E-state index contributed by atoms with van der Waals surface area (Å²) in [5.74, 6) is 0.681. The van der Waals surface area contributed by atoms with Crippen molar-refractivity contribution >= 4 is 15.9 Å². The lowest BCUT2D eigenvalue weighted by Gasteiger charge is -2.07. The van der Waals surface area contributed by atoms with Crippen molar-refractivity contribution in [2.75, 3.05) is 7.11 Å². The Bertz CT molecular complexity index is 534. The molecule has 0 aliphatic heterocycles. The maximum Gasteiger partial charge on any atom is 0.325 e. The number of rotatable bonds is 3. The number of benzene rings is 1. The highest BCUT2D eigenvalue weighted by Gasteiger charge is 2.08.